The molecule has 0 saturated carbocycles. The molecular formula is C15H13FN2O2. The summed E-state index contributed by atoms with van der Waals surface area (Å²) in [6.45, 7) is 1.78. The normalized spacial score (nSPS) is 10.1. The molecule has 0 saturated heterocycles. The molecule has 2 aromatic carbocycles. The summed E-state index contributed by atoms with van der Waals surface area (Å²) in [5, 5.41) is 2.64. The standard InChI is InChI=1S/C15H13FN2O2/c1-9-5-6-10(14(17)19)8-13(9)18-15(20)11-3-2-4-12(16)7-11/h2-8H,1H3,(H2,17,19)(H,18,20). The average molecular weight is 272 g/mol. The molecule has 2 amide bonds. The van der Waals surface area contributed by atoms with Crippen molar-refractivity contribution < 1.29 is 14.0 Å². The highest BCUT2D eigenvalue weighted by molar-refractivity contribution is 6.05. The number of nitrogens with one attached hydrogen (secondary N) is 1. The first-order valence-corrected chi connectivity index (χ1v) is 5.95. The van der Waals surface area contributed by atoms with Crippen molar-refractivity contribution in [3.63, 3.8) is 0 Å². The van der Waals surface area contributed by atoms with Crippen LogP contribution in [0.1, 0.15) is 26.3 Å². The molecule has 5 heteroatoms. The topological polar surface area (TPSA) is 72.2 Å². The number of aryl methyl sites for hydroxylation is 1. The Morgan fingerprint density at radius 3 is 2.50 bits per heavy atom. The number of carbonyl (C=O) groups excluding carboxylic acids is 2. The monoisotopic (exact) mass is 272 g/mol. The van der Waals surface area contributed by atoms with Gasteiger partial charge in [-0.25, -0.2) is 4.39 Å². The lowest BCUT2D eigenvalue weighted by Crippen LogP contribution is -2.15. The third-order valence-electron chi connectivity index (χ3n) is 2.86. The lowest BCUT2D eigenvalue weighted by Gasteiger charge is -2.09. The minimum atomic E-state index is -0.578. The van der Waals surface area contributed by atoms with E-state index in [-0.39, 0.29) is 5.56 Å². The van der Waals surface area contributed by atoms with E-state index >= 15 is 0 Å². The number of nitrogens with two attached hydrogens (primary N) is 1. The minimum absolute atomic E-state index is 0.203. The molecule has 0 aliphatic heterocycles. The molecule has 0 fully saturated rings. The van der Waals surface area contributed by atoms with Crippen molar-refractivity contribution >= 4 is 17.5 Å². The molecule has 3 N–H and O–H groups in total. The van der Waals surface area contributed by atoms with Crippen LogP contribution in [0, 0.1) is 12.7 Å². The fraction of sp³-hybridized carbons (Fsp3) is 0.0667. The quantitative estimate of drug-likeness (QED) is 0.901. The molecule has 20 heavy (non-hydrogen) atoms. The maximum absolute atomic E-state index is 13.1. The van der Waals surface area contributed by atoms with E-state index < -0.39 is 17.6 Å². The minimum Gasteiger partial charge on any atom is -0.366 e. The van der Waals surface area contributed by atoms with Crippen molar-refractivity contribution in [3.05, 3.63) is 65.0 Å². The SMILES string of the molecule is Cc1ccc(C(N)=O)cc1NC(=O)c1cccc(F)c1. The number of benzene rings is 2. The van der Waals surface area contributed by atoms with Gasteiger partial charge in [-0.05, 0) is 42.8 Å². The Hall–Kier alpha value is -2.69. The zero-order chi connectivity index (χ0) is 14.7. The fourth-order valence-corrected chi connectivity index (χ4v) is 1.73. The number of hydrogen-bond acceptors (Lipinski definition) is 2. The molecule has 0 aromatic heterocycles. The number of hydrogen-bond donors (Lipinski definition) is 2. The molecule has 0 spiro atoms. The van der Waals surface area contributed by atoms with Gasteiger partial charge < -0.3 is 11.1 Å². The van der Waals surface area contributed by atoms with E-state index in [1.54, 1.807) is 19.1 Å². The largest absolute Gasteiger partial charge is 0.366 e. The fourth-order valence-electron chi connectivity index (χ4n) is 1.73. The van der Waals surface area contributed by atoms with Crippen molar-refractivity contribution in [1.29, 1.82) is 0 Å². The highest BCUT2D eigenvalue weighted by Crippen LogP contribution is 2.18. The molecule has 0 atom stereocenters. The van der Waals surface area contributed by atoms with Crippen LogP contribution < -0.4 is 11.1 Å². The molecule has 2 rings (SSSR count). The summed E-state index contributed by atoms with van der Waals surface area (Å²) in [6.07, 6.45) is 0. The summed E-state index contributed by atoms with van der Waals surface area (Å²) >= 11 is 0. The zero-order valence-electron chi connectivity index (χ0n) is 10.8. The van der Waals surface area contributed by atoms with Crippen molar-refractivity contribution in [2.24, 2.45) is 5.73 Å². The van der Waals surface area contributed by atoms with Gasteiger partial charge in [-0.1, -0.05) is 12.1 Å². The van der Waals surface area contributed by atoms with Crippen LogP contribution in [0.5, 0.6) is 0 Å². The van der Waals surface area contributed by atoms with Gasteiger partial charge in [0.05, 0.1) is 0 Å². The van der Waals surface area contributed by atoms with Crippen molar-refractivity contribution in [2.45, 2.75) is 6.92 Å². The van der Waals surface area contributed by atoms with Crippen LogP contribution in [-0.2, 0) is 0 Å². The molecular weight excluding hydrogens is 259 g/mol. The van der Waals surface area contributed by atoms with E-state index in [9.17, 15) is 14.0 Å². The molecule has 4 nitrogen and oxygen atoms in total. The smallest absolute Gasteiger partial charge is 0.255 e. The van der Waals surface area contributed by atoms with Gasteiger partial charge in [-0.2, -0.15) is 0 Å². The second-order valence-corrected chi connectivity index (χ2v) is 4.36. The number of halogens is 1. The molecule has 2 aromatic rings. The van der Waals surface area contributed by atoms with E-state index in [1.807, 2.05) is 0 Å². The van der Waals surface area contributed by atoms with Crippen LogP contribution in [-0.4, -0.2) is 11.8 Å². The predicted octanol–water partition coefficient (Wildman–Crippen LogP) is 2.49. The predicted molar refractivity (Wildman–Crippen MR) is 74.1 cm³/mol. The van der Waals surface area contributed by atoms with Crippen LogP contribution >= 0.6 is 0 Å². The number of amides is 2. The van der Waals surface area contributed by atoms with E-state index in [0.717, 1.165) is 11.6 Å². The summed E-state index contributed by atoms with van der Waals surface area (Å²) in [6, 6.07) is 10.1. The first-order valence-electron chi connectivity index (χ1n) is 5.95. The number of anilines is 1. The Labute approximate surface area is 115 Å². The van der Waals surface area contributed by atoms with Crippen LogP contribution in [0.25, 0.3) is 0 Å². The third kappa shape index (κ3) is 3.00. The summed E-state index contributed by atoms with van der Waals surface area (Å²) in [5.74, 6) is -1.51. The second-order valence-electron chi connectivity index (χ2n) is 4.36. The van der Waals surface area contributed by atoms with Crippen LogP contribution in [0.2, 0.25) is 0 Å². The van der Waals surface area contributed by atoms with Gasteiger partial charge in [-0.15, -0.1) is 0 Å². The maximum atomic E-state index is 13.1. The van der Waals surface area contributed by atoms with Gasteiger partial charge in [-0.3, -0.25) is 9.59 Å². The Morgan fingerprint density at radius 1 is 1.10 bits per heavy atom. The summed E-state index contributed by atoms with van der Waals surface area (Å²) < 4.78 is 13.1. The highest BCUT2D eigenvalue weighted by atomic mass is 19.1. The van der Waals surface area contributed by atoms with Gasteiger partial charge in [0.25, 0.3) is 5.91 Å². The van der Waals surface area contributed by atoms with Crippen LogP contribution in [0.3, 0.4) is 0 Å². The molecule has 0 radical (unpaired) electrons. The lowest BCUT2D eigenvalue weighted by atomic mass is 10.1. The Bertz CT molecular complexity index is 683. The highest BCUT2D eigenvalue weighted by Gasteiger charge is 2.10. The zero-order valence-corrected chi connectivity index (χ0v) is 10.8. The Morgan fingerprint density at radius 2 is 1.85 bits per heavy atom. The van der Waals surface area contributed by atoms with Gasteiger partial charge in [0.15, 0.2) is 0 Å². The van der Waals surface area contributed by atoms with Gasteiger partial charge in [0.1, 0.15) is 5.82 Å². The number of rotatable bonds is 3. The van der Waals surface area contributed by atoms with Crippen molar-refractivity contribution in [2.75, 3.05) is 5.32 Å². The molecule has 102 valence electrons. The number of carbonyl (C=O) groups is 2. The molecule has 0 bridgehead atoms. The Kier molecular flexibility index (Phi) is 3.79. The van der Waals surface area contributed by atoms with Crippen LogP contribution in [0.4, 0.5) is 10.1 Å². The first-order chi connectivity index (χ1) is 9.47. The van der Waals surface area contributed by atoms with Crippen molar-refractivity contribution in [3.8, 4) is 0 Å². The number of primary amides is 1. The van der Waals surface area contributed by atoms with E-state index in [2.05, 4.69) is 5.32 Å². The summed E-state index contributed by atoms with van der Waals surface area (Å²) in [5.41, 5.74) is 6.94. The molecule has 0 aliphatic carbocycles. The third-order valence-corrected chi connectivity index (χ3v) is 2.86. The van der Waals surface area contributed by atoms with E-state index in [4.69, 9.17) is 5.73 Å². The van der Waals surface area contributed by atoms with Gasteiger partial charge in [0, 0.05) is 16.8 Å². The Balaban J connectivity index is 2.27. The summed E-state index contributed by atoms with van der Waals surface area (Å²) in [7, 11) is 0. The molecule has 0 aliphatic rings. The average Bonchev–Trinajstić information content (AvgIpc) is 2.41. The second kappa shape index (κ2) is 5.52. The lowest BCUT2D eigenvalue weighted by molar-refractivity contribution is 0.0996. The van der Waals surface area contributed by atoms with E-state index in [0.29, 0.717) is 11.3 Å². The first kappa shape index (κ1) is 13.7. The van der Waals surface area contributed by atoms with E-state index in [1.165, 1.54) is 24.3 Å². The maximum Gasteiger partial charge on any atom is 0.255 e. The van der Waals surface area contributed by atoms with Crippen LogP contribution in [0.15, 0.2) is 42.5 Å². The van der Waals surface area contributed by atoms with Gasteiger partial charge >= 0.3 is 0 Å². The summed E-state index contributed by atoms with van der Waals surface area (Å²) in [4.78, 5) is 23.1. The van der Waals surface area contributed by atoms with Crippen molar-refractivity contribution in [1.82, 2.24) is 0 Å². The molecule has 0 unspecified atom stereocenters. The van der Waals surface area contributed by atoms with Gasteiger partial charge in [0.2, 0.25) is 5.91 Å². The molecule has 0 heterocycles.